The van der Waals surface area contributed by atoms with Crippen LogP contribution in [0.5, 0.6) is 0 Å². The Balaban J connectivity index is 1.35. The second-order valence-corrected chi connectivity index (χ2v) is 9.32. The van der Waals surface area contributed by atoms with E-state index in [0.29, 0.717) is 18.6 Å². The minimum Gasteiger partial charge on any atom is -0.480 e. The zero-order valence-corrected chi connectivity index (χ0v) is 19.7. The number of benzene rings is 2. The van der Waals surface area contributed by atoms with E-state index in [2.05, 4.69) is 22.8 Å². The van der Waals surface area contributed by atoms with Crippen LogP contribution in [0.4, 0.5) is 4.79 Å². The minimum absolute atomic E-state index is 0.0650. The van der Waals surface area contributed by atoms with Crippen molar-refractivity contribution in [3.05, 3.63) is 59.7 Å². The minimum atomic E-state index is -1.10. The first-order valence-electron chi connectivity index (χ1n) is 11.2. The summed E-state index contributed by atoms with van der Waals surface area (Å²) in [5.74, 6) is -1.11. The van der Waals surface area contributed by atoms with Gasteiger partial charge < -0.3 is 25.2 Å². The van der Waals surface area contributed by atoms with E-state index >= 15 is 0 Å². The number of rotatable bonds is 9. The van der Waals surface area contributed by atoms with E-state index < -0.39 is 36.2 Å². The van der Waals surface area contributed by atoms with E-state index in [4.69, 9.17) is 9.47 Å². The molecule has 2 amide bonds. The maximum atomic E-state index is 12.7. The van der Waals surface area contributed by atoms with Gasteiger partial charge in [-0.2, -0.15) is 11.8 Å². The number of carboxylic acids is 1. The molecule has 0 saturated carbocycles. The predicted octanol–water partition coefficient (Wildman–Crippen LogP) is 3.01. The monoisotopic (exact) mass is 484 g/mol. The topological polar surface area (TPSA) is 114 Å². The summed E-state index contributed by atoms with van der Waals surface area (Å²) in [7, 11) is 0. The number of amides is 2. The SMILES string of the molecule is CSCC[C@@H](NC(=O)C1OCCC1NC(=O)OCC1c2ccccc2-c2ccccc21)C(=O)O. The van der Waals surface area contributed by atoms with Gasteiger partial charge in [0.2, 0.25) is 0 Å². The van der Waals surface area contributed by atoms with Gasteiger partial charge in [-0.05, 0) is 47.1 Å². The summed E-state index contributed by atoms with van der Waals surface area (Å²) in [6.45, 7) is 0.453. The fourth-order valence-electron chi connectivity index (χ4n) is 4.53. The molecule has 2 aromatic carbocycles. The van der Waals surface area contributed by atoms with Crippen LogP contribution in [0, 0.1) is 0 Å². The maximum absolute atomic E-state index is 12.7. The zero-order valence-electron chi connectivity index (χ0n) is 18.9. The third-order valence-corrected chi connectivity index (χ3v) is 6.87. The van der Waals surface area contributed by atoms with Crippen molar-refractivity contribution in [2.24, 2.45) is 0 Å². The van der Waals surface area contributed by atoms with Gasteiger partial charge >= 0.3 is 12.1 Å². The predicted molar refractivity (Wildman–Crippen MR) is 129 cm³/mol. The fraction of sp³-hybridized carbons (Fsp3) is 0.400. The molecular weight excluding hydrogens is 456 g/mol. The van der Waals surface area contributed by atoms with Crippen LogP contribution in [0.1, 0.15) is 29.9 Å². The Morgan fingerprint density at radius 2 is 1.76 bits per heavy atom. The summed E-state index contributed by atoms with van der Waals surface area (Å²) < 4.78 is 11.1. The van der Waals surface area contributed by atoms with Crippen molar-refractivity contribution in [2.75, 3.05) is 25.2 Å². The number of carbonyl (C=O) groups excluding carboxylic acids is 2. The molecule has 3 N–H and O–H groups in total. The van der Waals surface area contributed by atoms with Crippen molar-refractivity contribution in [2.45, 2.75) is 36.9 Å². The summed E-state index contributed by atoms with van der Waals surface area (Å²) in [5, 5.41) is 14.6. The standard InChI is InChI=1S/C25H28N2O6S/c1-34-13-11-21(24(29)30)26-23(28)22-20(10-12-32-22)27-25(31)33-14-19-17-8-4-2-6-15(17)16-7-3-5-9-18(16)19/h2-9,19-22H,10-14H2,1H3,(H,26,28)(H,27,31)(H,29,30)/t20?,21-,22?/m1/s1. The van der Waals surface area contributed by atoms with Crippen LogP contribution in [0.2, 0.25) is 0 Å². The smallest absolute Gasteiger partial charge is 0.407 e. The Kier molecular flexibility index (Phi) is 7.74. The molecule has 8 nitrogen and oxygen atoms in total. The normalized spacial score (nSPS) is 19.7. The summed E-state index contributed by atoms with van der Waals surface area (Å²) in [4.78, 5) is 36.7. The lowest BCUT2D eigenvalue weighted by atomic mass is 9.98. The van der Waals surface area contributed by atoms with E-state index in [9.17, 15) is 19.5 Å². The van der Waals surface area contributed by atoms with Gasteiger partial charge in [-0.15, -0.1) is 0 Å². The Labute approximate surface area is 202 Å². The van der Waals surface area contributed by atoms with E-state index in [1.165, 1.54) is 11.8 Å². The van der Waals surface area contributed by atoms with Crippen molar-refractivity contribution in [1.29, 1.82) is 0 Å². The highest BCUT2D eigenvalue weighted by Crippen LogP contribution is 2.44. The molecule has 180 valence electrons. The zero-order chi connectivity index (χ0) is 24.1. The van der Waals surface area contributed by atoms with Gasteiger partial charge in [-0.25, -0.2) is 9.59 Å². The van der Waals surface area contributed by atoms with E-state index in [0.717, 1.165) is 22.3 Å². The highest BCUT2D eigenvalue weighted by molar-refractivity contribution is 7.98. The average molecular weight is 485 g/mol. The number of aliphatic carboxylic acids is 1. The van der Waals surface area contributed by atoms with Crippen molar-refractivity contribution in [3.8, 4) is 11.1 Å². The van der Waals surface area contributed by atoms with Crippen molar-refractivity contribution in [3.63, 3.8) is 0 Å². The number of hydrogen-bond acceptors (Lipinski definition) is 6. The van der Waals surface area contributed by atoms with Gasteiger partial charge in [0.25, 0.3) is 5.91 Å². The molecule has 2 aliphatic rings. The third-order valence-electron chi connectivity index (χ3n) is 6.22. The summed E-state index contributed by atoms with van der Waals surface area (Å²) in [5.41, 5.74) is 4.51. The molecule has 1 saturated heterocycles. The van der Waals surface area contributed by atoms with Gasteiger partial charge in [0.05, 0.1) is 6.04 Å². The molecule has 1 aliphatic carbocycles. The van der Waals surface area contributed by atoms with E-state index in [1.54, 1.807) is 0 Å². The van der Waals surface area contributed by atoms with E-state index in [-0.39, 0.29) is 19.1 Å². The first-order valence-corrected chi connectivity index (χ1v) is 12.6. The van der Waals surface area contributed by atoms with Crippen LogP contribution in [-0.2, 0) is 19.1 Å². The molecule has 1 fully saturated rings. The Morgan fingerprint density at radius 1 is 1.12 bits per heavy atom. The highest BCUT2D eigenvalue weighted by atomic mass is 32.2. The number of carbonyl (C=O) groups is 3. The maximum Gasteiger partial charge on any atom is 0.407 e. The molecule has 4 rings (SSSR count). The lowest BCUT2D eigenvalue weighted by molar-refractivity contribution is -0.143. The number of alkyl carbamates (subject to hydrolysis) is 1. The first-order chi connectivity index (χ1) is 16.5. The molecule has 9 heteroatoms. The fourth-order valence-corrected chi connectivity index (χ4v) is 5.01. The van der Waals surface area contributed by atoms with Crippen LogP contribution < -0.4 is 10.6 Å². The first kappa shape index (κ1) is 24.1. The Hall–Kier alpha value is -3.04. The average Bonchev–Trinajstić information content (AvgIpc) is 3.42. The van der Waals surface area contributed by atoms with Gasteiger partial charge in [-0.3, -0.25) is 4.79 Å². The molecule has 34 heavy (non-hydrogen) atoms. The number of fused-ring (bicyclic) bond motifs is 3. The quantitative estimate of drug-likeness (QED) is 0.501. The van der Waals surface area contributed by atoms with Crippen LogP contribution >= 0.6 is 11.8 Å². The molecule has 0 spiro atoms. The largest absolute Gasteiger partial charge is 0.480 e. The van der Waals surface area contributed by atoms with E-state index in [1.807, 2.05) is 42.7 Å². The number of thioether (sulfide) groups is 1. The van der Waals surface area contributed by atoms with Crippen molar-refractivity contribution >= 4 is 29.7 Å². The molecular formula is C25H28N2O6S. The molecule has 1 heterocycles. The number of carboxylic acid groups (broad SMARTS) is 1. The van der Waals surface area contributed by atoms with Gasteiger partial charge in [0, 0.05) is 12.5 Å². The lowest BCUT2D eigenvalue weighted by Gasteiger charge is -2.22. The van der Waals surface area contributed by atoms with Crippen molar-refractivity contribution < 1.29 is 29.0 Å². The van der Waals surface area contributed by atoms with Gasteiger partial charge in [-0.1, -0.05) is 48.5 Å². The van der Waals surface area contributed by atoms with Gasteiger partial charge in [0.1, 0.15) is 12.6 Å². The second-order valence-electron chi connectivity index (χ2n) is 8.34. The molecule has 2 aromatic rings. The molecule has 3 atom stereocenters. The van der Waals surface area contributed by atoms with Crippen LogP contribution in [0.25, 0.3) is 11.1 Å². The molecule has 0 bridgehead atoms. The Morgan fingerprint density at radius 3 is 2.38 bits per heavy atom. The third kappa shape index (κ3) is 5.20. The van der Waals surface area contributed by atoms with Gasteiger partial charge in [0.15, 0.2) is 6.10 Å². The number of ether oxygens (including phenoxy) is 2. The summed E-state index contributed by atoms with van der Waals surface area (Å²) in [6, 6.07) is 14.6. The number of nitrogens with one attached hydrogen (secondary N) is 2. The second kappa shape index (κ2) is 10.9. The highest BCUT2D eigenvalue weighted by Gasteiger charge is 2.37. The van der Waals surface area contributed by atoms with Crippen molar-refractivity contribution in [1.82, 2.24) is 10.6 Å². The summed E-state index contributed by atoms with van der Waals surface area (Å²) >= 11 is 1.50. The van der Waals surface area contributed by atoms with Crippen LogP contribution in [-0.4, -0.2) is 66.5 Å². The molecule has 0 aromatic heterocycles. The molecule has 0 radical (unpaired) electrons. The van der Waals surface area contributed by atoms with Crippen LogP contribution in [0.3, 0.4) is 0 Å². The molecule has 2 unspecified atom stereocenters. The number of hydrogen-bond donors (Lipinski definition) is 3. The lowest BCUT2D eigenvalue weighted by Crippen LogP contribution is -2.52. The Bertz CT molecular complexity index is 1020. The van der Waals surface area contributed by atoms with Crippen LogP contribution in [0.15, 0.2) is 48.5 Å². The molecule has 1 aliphatic heterocycles. The summed E-state index contributed by atoms with van der Waals surface area (Å²) in [6.07, 6.45) is 1.02.